The molecule has 0 unspecified atom stereocenters. The molecular weight excluding hydrogens is 369 g/mol. The Morgan fingerprint density at radius 1 is 1.14 bits per heavy atom. The predicted octanol–water partition coefficient (Wildman–Crippen LogP) is 3.26. The molecule has 0 spiro atoms. The van der Waals surface area contributed by atoms with E-state index in [1.165, 1.54) is 12.3 Å². The van der Waals surface area contributed by atoms with Crippen LogP contribution in [0.5, 0.6) is 0 Å². The summed E-state index contributed by atoms with van der Waals surface area (Å²) in [5, 5.41) is 0. The van der Waals surface area contributed by atoms with Gasteiger partial charge in [0.25, 0.3) is 0 Å². The first-order valence-electron chi connectivity index (χ1n) is 10.1. The lowest BCUT2D eigenvalue weighted by Crippen LogP contribution is -2.53. The fourth-order valence-corrected chi connectivity index (χ4v) is 4.31. The summed E-state index contributed by atoms with van der Waals surface area (Å²) >= 11 is 0. The van der Waals surface area contributed by atoms with Crippen LogP contribution in [0.2, 0.25) is 0 Å². The summed E-state index contributed by atoms with van der Waals surface area (Å²) in [6, 6.07) is 3.03. The Labute approximate surface area is 164 Å². The maximum absolute atomic E-state index is 12.9. The number of alkyl halides is 3. The molecule has 0 bridgehead atoms. The van der Waals surface area contributed by atoms with Gasteiger partial charge in [-0.1, -0.05) is 13.8 Å². The number of anilines is 1. The van der Waals surface area contributed by atoms with Crippen molar-refractivity contribution in [2.75, 3.05) is 44.2 Å². The van der Waals surface area contributed by atoms with Gasteiger partial charge in [0.1, 0.15) is 5.69 Å². The molecule has 3 heterocycles. The first kappa shape index (κ1) is 20.9. The van der Waals surface area contributed by atoms with Gasteiger partial charge >= 0.3 is 6.18 Å². The summed E-state index contributed by atoms with van der Waals surface area (Å²) in [5.41, 5.74) is -0.250. The number of carbonyl (C=O) groups is 1. The van der Waals surface area contributed by atoms with Crippen LogP contribution in [0.3, 0.4) is 0 Å². The molecule has 0 radical (unpaired) electrons. The number of halogens is 3. The van der Waals surface area contributed by atoms with Crippen LogP contribution < -0.4 is 4.90 Å². The Hall–Kier alpha value is -1.83. The zero-order valence-corrected chi connectivity index (χ0v) is 16.6. The molecule has 1 aromatic rings. The Kier molecular flexibility index (Phi) is 6.47. The number of nitrogens with zero attached hydrogens (tertiary/aromatic N) is 4. The summed E-state index contributed by atoms with van der Waals surface area (Å²) in [7, 11) is 0. The van der Waals surface area contributed by atoms with Gasteiger partial charge in [-0.3, -0.25) is 9.69 Å². The Balaban J connectivity index is 1.53. The highest BCUT2D eigenvalue weighted by Gasteiger charge is 2.35. The average Bonchev–Trinajstić information content (AvgIpc) is 3.18. The van der Waals surface area contributed by atoms with Gasteiger partial charge in [0.15, 0.2) is 0 Å². The Bertz CT molecular complexity index is 652. The molecule has 3 rings (SSSR count). The SMILES string of the molecule is CCC(CC)N1CCN(C(=O)[C@H]2CCN(c3ccc(C(F)(F)F)nc3)C2)CC1. The van der Waals surface area contributed by atoms with Crippen LogP contribution in [0.1, 0.15) is 38.8 Å². The zero-order valence-electron chi connectivity index (χ0n) is 16.6. The van der Waals surface area contributed by atoms with Gasteiger partial charge in [0.05, 0.1) is 17.8 Å². The molecule has 0 aromatic carbocycles. The standard InChI is InChI=1S/C20H29F3N4O/c1-3-16(4-2)25-9-11-26(12-10-25)19(28)15-7-8-27(14-15)17-5-6-18(24-13-17)20(21,22)23/h5-6,13,15-16H,3-4,7-12,14H2,1-2H3/t15-/m0/s1. The van der Waals surface area contributed by atoms with Crippen LogP contribution in [0.25, 0.3) is 0 Å². The number of aromatic nitrogens is 1. The largest absolute Gasteiger partial charge is 0.433 e. The first-order valence-corrected chi connectivity index (χ1v) is 10.1. The highest BCUT2D eigenvalue weighted by molar-refractivity contribution is 5.80. The maximum Gasteiger partial charge on any atom is 0.433 e. The van der Waals surface area contributed by atoms with E-state index in [2.05, 4.69) is 23.7 Å². The lowest BCUT2D eigenvalue weighted by Gasteiger charge is -2.39. The fraction of sp³-hybridized carbons (Fsp3) is 0.700. The molecule has 2 aliphatic heterocycles. The van der Waals surface area contributed by atoms with Crippen LogP contribution in [-0.4, -0.2) is 66.0 Å². The molecule has 5 nitrogen and oxygen atoms in total. The minimum Gasteiger partial charge on any atom is -0.369 e. The van der Waals surface area contributed by atoms with Gasteiger partial charge in [-0.25, -0.2) is 4.98 Å². The van der Waals surface area contributed by atoms with Crippen LogP contribution >= 0.6 is 0 Å². The normalized spacial score (nSPS) is 21.6. The van der Waals surface area contributed by atoms with Crippen LogP contribution in [0.15, 0.2) is 18.3 Å². The Morgan fingerprint density at radius 3 is 2.36 bits per heavy atom. The van der Waals surface area contributed by atoms with E-state index in [0.29, 0.717) is 24.8 Å². The number of carbonyl (C=O) groups excluding carboxylic acids is 1. The van der Waals surface area contributed by atoms with Crippen molar-refractivity contribution in [2.45, 2.75) is 45.3 Å². The highest BCUT2D eigenvalue weighted by Crippen LogP contribution is 2.30. The summed E-state index contributed by atoms with van der Waals surface area (Å²) in [6.45, 7) is 8.95. The van der Waals surface area contributed by atoms with Crippen molar-refractivity contribution in [1.82, 2.24) is 14.8 Å². The number of amides is 1. The smallest absolute Gasteiger partial charge is 0.369 e. The molecule has 2 aliphatic rings. The molecule has 28 heavy (non-hydrogen) atoms. The van der Waals surface area contributed by atoms with Gasteiger partial charge in [-0.15, -0.1) is 0 Å². The van der Waals surface area contributed by atoms with Crippen molar-refractivity contribution >= 4 is 11.6 Å². The molecule has 8 heteroatoms. The molecule has 2 saturated heterocycles. The van der Waals surface area contributed by atoms with Crippen LogP contribution in [-0.2, 0) is 11.0 Å². The van der Waals surface area contributed by atoms with Gasteiger partial charge < -0.3 is 9.80 Å². The number of hydrogen-bond acceptors (Lipinski definition) is 4. The van der Waals surface area contributed by atoms with Gasteiger partial charge in [0, 0.05) is 45.3 Å². The van der Waals surface area contributed by atoms with E-state index in [1.807, 2.05) is 9.80 Å². The highest BCUT2D eigenvalue weighted by atomic mass is 19.4. The van der Waals surface area contributed by atoms with Crippen molar-refractivity contribution < 1.29 is 18.0 Å². The average molecular weight is 398 g/mol. The molecule has 2 fully saturated rings. The molecule has 0 aliphatic carbocycles. The third-order valence-corrected chi connectivity index (χ3v) is 6.03. The van der Waals surface area contributed by atoms with E-state index in [-0.39, 0.29) is 11.8 Å². The molecular formula is C20H29F3N4O. The lowest BCUT2D eigenvalue weighted by molar-refractivity contribution is -0.141. The van der Waals surface area contributed by atoms with Crippen LogP contribution in [0.4, 0.5) is 18.9 Å². The van der Waals surface area contributed by atoms with E-state index in [0.717, 1.165) is 51.5 Å². The summed E-state index contributed by atoms with van der Waals surface area (Å²) in [4.78, 5) is 22.8. The molecule has 1 aromatic heterocycles. The third kappa shape index (κ3) is 4.59. The first-order chi connectivity index (χ1) is 13.3. The monoisotopic (exact) mass is 398 g/mol. The van der Waals surface area contributed by atoms with Crippen molar-refractivity contribution in [3.8, 4) is 0 Å². The van der Waals surface area contributed by atoms with Gasteiger partial charge in [-0.05, 0) is 31.4 Å². The Morgan fingerprint density at radius 2 is 1.82 bits per heavy atom. The van der Waals surface area contributed by atoms with Crippen molar-refractivity contribution in [1.29, 1.82) is 0 Å². The molecule has 1 amide bonds. The second-order valence-electron chi connectivity index (χ2n) is 7.66. The number of pyridine rings is 1. The van der Waals surface area contributed by atoms with E-state index in [9.17, 15) is 18.0 Å². The van der Waals surface area contributed by atoms with E-state index in [4.69, 9.17) is 0 Å². The number of hydrogen-bond donors (Lipinski definition) is 0. The summed E-state index contributed by atoms with van der Waals surface area (Å²) in [6.07, 6.45) is -0.193. The molecule has 156 valence electrons. The van der Waals surface area contributed by atoms with E-state index in [1.54, 1.807) is 0 Å². The molecule has 1 atom stereocenters. The minimum absolute atomic E-state index is 0.0954. The molecule has 0 saturated carbocycles. The molecule has 0 N–H and O–H groups in total. The van der Waals surface area contributed by atoms with Gasteiger partial charge in [-0.2, -0.15) is 13.2 Å². The summed E-state index contributed by atoms with van der Waals surface area (Å²) < 4.78 is 38.0. The van der Waals surface area contributed by atoms with Crippen molar-refractivity contribution in [2.24, 2.45) is 5.92 Å². The second-order valence-corrected chi connectivity index (χ2v) is 7.66. The lowest BCUT2D eigenvalue weighted by atomic mass is 10.1. The van der Waals surface area contributed by atoms with Crippen LogP contribution in [0, 0.1) is 5.92 Å². The maximum atomic E-state index is 12.9. The minimum atomic E-state index is -4.43. The van der Waals surface area contributed by atoms with E-state index >= 15 is 0 Å². The van der Waals surface area contributed by atoms with Crippen molar-refractivity contribution in [3.05, 3.63) is 24.0 Å². The number of rotatable bonds is 5. The number of piperazine rings is 1. The fourth-order valence-electron chi connectivity index (χ4n) is 4.31. The zero-order chi connectivity index (χ0) is 20.3. The van der Waals surface area contributed by atoms with E-state index < -0.39 is 11.9 Å². The second kappa shape index (κ2) is 8.68. The predicted molar refractivity (Wildman–Crippen MR) is 102 cm³/mol. The third-order valence-electron chi connectivity index (χ3n) is 6.03. The quantitative estimate of drug-likeness (QED) is 0.763. The summed E-state index contributed by atoms with van der Waals surface area (Å²) in [5.74, 6) is 0.0774. The topological polar surface area (TPSA) is 39.7 Å². The van der Waals surface area contributed by atoms with Gasteiger partial charge in [0.2, 0.25) is 5.91 Å². The van der Waals surface area contributed by atoms with Crippen molar-refractivity contribution in [3.63, 3.8) is 0 Å².